The number of rotatable bonds is 4. The van der Waals surface area contributed by atoms with Gasteiger partial charge in [-0.25, -0.2) is 9.97 Å². The standard InChI is InChI=1S/C16H23N3S2/c1-10-11(2)21-16-14(10)15(17-3)18-13(19-16)9-20-12-7-5-4-6-8-12/h12H,4-9H2,1-3H3,(H,17,18,19). The Morgan fingerprint density at radius 2 is 1.95 bits per heavy atom. The van der Waals surface area contributed by atoms with Crippen LogP contribution in [0.4, 0.5) is 5.82 Å². The quantitative estimate of drug-likeness (QED) is 0.867. The summed E-state index contributed by atoms with van der Waals surface area (Å²) in [4.78, 5) is 12.0. The van der Waals surface area contributed by atoms with Gasteiger partial charge in [0.05, 0.1) is 11.1 Å². The van der Waals surface area contributed by atoms with E-state index in [9.17, 15) is 0 Å². The van der Waals surface area contributed by atoms with Crippen molar-refractivity contribution in [2.24, 2.45) is 0 Å². The van der Waals surface area contributed by atoms with Crippen LogP contribution in [-0.2, 0) is 5.75 Å². The van der Waals surface area contributed by atoms with Crippen molar-refractivity contribution in [1.82, 2.24) is 9.97 Å². The van der Waals surface area contributed by atoms with E-state index in [0.717, 1.165) is 27.5 Å². The summed E-state index contributed by atoms with van der Waals surface area (Å²) >= 11 is 3.82. The van der Waals surface area contributed by atoms with Crippen molar-refractivity contribution in [3.63, 3.8) is 0 Å². The number of aromatic nitrogens is 2. The largest absolute Gasteiger partial charge is 0.372 e. The molecule has 1 N–H and O–H groups in total. The van der Waals surface area contributed by atoms with Crippen molar-refractivity contribution in [2.45, 2.75) is 57.0 Å². The molecule has 3 rings (SSSR count). The van der Waals surface area contributed by atoms with Crippen LogP contribution in [0, 0.1) is 13.8 Å². The second-order valence-corrected chi connectivity index (χ2v) is 8.26. The maximum Gasteiger partial charge on any atom is 0.142 e. The number of thioether (sulfide) groups is 1. The molecule has 1 aliphatic rings. The van der Waals surface area contributed by atoms with Crippen molar-refractivity contribution < 1.29 is 0 Å². The first-order chi connectivity index (χ1) is 10.2. The number of hydrogen-bond donors (Lipinski definition) is 1. The van der Waals surface area contributed by atoms with E-state index in [2.05, 4.69) is 19.2 Å². The van der Waals surface area contributed by atoms with Crippen LogP contribution in [0.3, 0.4) is 0 Å². The third-order valence-electron chi connectivity index (χ3n) is 4.31. The minimum atomic E-state index is 0.808. The molecule has 0 atom stereocenters. The summed E-state index contributed by atoms with van der Waals surface area (Å²) in [6, 6.07) is 0. The molecule has 0 spiro atoms. The van der Waals surface area contributed by atoms with E-state index in [-0.39, 0.29) is 0 Å². The van der Waals surface area contributed by atoms with Crippen molar-refractivity contribution in [3.05, 3.63) is 16.3 Å². The predicted octanol–water partition coefficient (Wildman–Crippen LogP) is 4.92. The Labute approximate surface area is 135 Å². The highest BCUT2D eigenvalue weighted by Crippen LogP contribution is 2.35. The molecule has 0 aromatic carbocycles. The van der Waals surface area contributed by atoms with Gasteiger partial charge in [-0.2, -0.15) is 11.8 Å². The molecule has 5 heteroatoms. The van der Waals surface area contributed by atoms with Gasteiger partial charge >= 0.3 is 0 Å². The molecule has 2 heterocycles. The fraction of sp³-hybridized carbons (Fsp3) is 0.625. The van der Waals surface area contributed by atoms with Gasteiger partial charge in [-0.1, -0.05) is 19.3 Å². The van der Waals surface area contributed by atoms with Crippen molar-refractivity contribution in [2.75, 3.05) is 12.4 Å². The first kappa shape index (κ1) is 15.1. The summed E-state index contributed by atoms with van der Waals surface area (Å²) < 4.78 is 0. The minimum absolute atomic E-state index is 0.808. The minimum Gasteiger partial charge on any atom is -0.372 e. The van der Waals surface area contributed by atoms with Gasteiger partial charge in [-0.3, -0.25) is 0 Å². The van der Waals surface area contributed by atoms with Crippen molar-refractivity contribution in [1.29, 1.82) is 0 Å². The maximum absolute atomic E-state index is 4.80. The van der Waals surface area contributed by atoms with Crippen LogP contribution in [0.1, 0.15) is 48.4 Å². The summed E-state index contributed by atoms with van der Waals surface area (Å²) in [7, 11) is 1.95. The number of hydrogen-bond acceptors (Lipinski definition) is 5. The van der Waals surface area contributed by atoms with Gasteiger partial charge in [0.1, 0.15) is 16.5 Å². The normalized spacial score (nSPS) is 16.5. The van der Waals surface area contributed by atoms with Gasteiger partial charge < -0.3 is 5.32 Å². The van der Waals surface area contributed by atoms with E-state index in [1.165, 1.54) is 47.9 Å². The lowest BCUT2D eigenvalue weighted by atomic mass is 10.0. The first-order valence-electron chi connectivity index (χ1n) is 7.75. The number of aryl methyl sites for hydroxylation is 2. The Morgan fingerprint density at radius 3 is 2.67 bits per heavy atom. The van der Waals surface area contributed by atoms with Crippen LogP contribution in [0.2, 0.25) is 0 Å². The highest BCUT2D eigenvalue weighted by molar-refractivity contribution is 7.99. The molecular formula is C16H23N3S2. The lowest BCUT2D eigenvalue weighted by molar-refractivity contribution is 0.516. The number of nitrogens with one attached hydrogen (secondary N) is 1. The SMILES string of the molecule is CNc1nc(CSC2CCCCC2)nc2sc(C)c(C)c12. The molecule has 114 valence electrons. The van der Waals surface area contributed by atoms with Gasteiger partial charge in [0.15, 0.2) is 0 Å². The van der Waals surface area contributed by atoms with E-state index in [1.807, 2.05) is 18.8 Å². The molecule has 0 radical (unpaired) electrons. The molecule has 0 saturated heterocycles. The molecule has 2 aromatic heterocycles. The van der Waals surface area contributed by atoms with E-state index in [0.29, 0.717) is 0 Å². The fourth-order valence-electron chi connectivity index (χ4n) is 2.96. The molecule has 3 nitrogen and oxygen atoms in total. The highest BCUT2D eigenvalue weighted by atomic mass is 32.2. The third-order valence-corrected chi connectivity index (χ3v) is 6.78. The van der Waals surface area contributed by atoms with Crippen LogP contribution in [0.25, 0.3) is 10.2 Å². The van der Waals surface area contributed by atoms with Gasteiger partial charge in [-0.05, 0) is 32.3 Å². The summed E-state index contributed by atoms with van der Waals surface area (Å²) in [6.45, 7) is 4.33. The second kappa shape index (κ2) is 6.53. The molecule has 1 fully saturated rings. The Kier molecular flexibility index (Phi) is 4.69. The molecule has 21 heavy (non-hydrogen) atoms. The fourth-order valence-corrected chi connectivity index (χ4v) is 5.19. The van der Waals surface area contributed by atoms with E-state index < -0.39 is 0 Å². The Morgan fingerprint density at radius 1 is 1.19 bits per heavy atom. The monoisotopic (exact) mass is 321 g/mol. The van der Waals surface area contributed by atoms with Crippen LogP contribution in [0.15, 0.2) is 0 Å². The molecule has 0 aliphatic heterocycles. The number of nitrogens with zero attached hydrogens (tertiary/aromatic N) is 2. The summed E-state index contributed by atoms with van der Waals surface area (Å²) in [6.07, 6.45) is 6.93. The lowest BCUT2D eigenvalue weighted by Crippen LogP contribution is -2.09. The lowest BCUT2D eigenvalue weighted by Gasteiger charge is -2.20. The highest BCUT2D eigenvalue weighted by Gasteiger charge is 2.17. The van der Waals surface area contributed by atoms with Crippen molar-refractivity contribution in [3.8, 4) is 0 Å². The molecule has 1 saturated carbocycles. The zero-order valence-corrected chi connectivity index (χ0v) is 14.7. The van der Waals surface area contributed by atoms with Crippen LogP contribution in [0.5, 0.6) is 0 Å². The third kappa shape index (κ3) is 3.19. The van der Waals surface area contributed by atoms with Gasteiger partial charge in [0, 0.05) is 17.2 Å². The Hall–Kier alpha value is -0.810. The molecule has 1 aliphatic carbocycles. The topological polar surface area (TPSA) is 37.8 Å². The average Bonchev–Trinajstić information content (AvgIpc) is 2.80. The smallest absolute Gasteiger partial charge is 0.142 e. The zero-order chi connectivity index (χ0) is 14.8. The Bertz CT molecular complexity index is 630. The summed E-state index contributed by atoms with van der Waals surface area (Å²) in [5.41, 5.74) is 1.31. The Balaban J connectivity index is 1.82. The second-order valence-electron chi connectivity index (χ2n) is 5.77. The van der Waals surface area contributed by atoms with E-state index in [4.69, 9.17) is 9.97 Å². The number of fused-ring (bicyclic) bond motifs is 1. The van der Waals surface area contributed by atoms with Crippen LogP contribution >= 0.6 is 23.1 Å². The molecule has 2 aromatic rings. The molecule has 0 bridgehead atoms. The van der Waals surface area contributed by atoms with Crippen LogP contribution < -0.4 is 5.32 Å². The molecule has 0 unspecified atom stereocenters. The molecular weight excluding hydrogens is 298 g/mol. The summed E-state index contributed by atoms with van der Waals surface area (Å²) in [5.74, 6) is 2.90. The zero-order valence-electron chi connectivity index (χ0n) is 13.0. The average molecular weight is 322 g/mol. The van der Waals surface area contributed by atoms with E-state index in [1.54, 1.807) is 11.3 Å². The number of anilines is 1. The number of thiophene rings is 1. The van der Waals surface area contributed by atoms with Crippen LogP contribution in [-0.4, -0.2) is 22.3 Å². The maximum atomic E-state index is 4.80. The first-order valence-corrected chi connectivity index (χ1v) is 9.61. The van der Waals surface area contributed by atoms with Crippen molar-refractivity contribution >= 4 is 39.1 Å². The van der Waals surface area contributed by atoms with Gasteiger partial charge in [-0.15, -0.1) is 11.3 Å². The van der Waals surface area contributed by atoms with E-state index >= 15 is 0 Å². The molecule has 0 amide bonds. The van der Waals surface area contributed by atoms with Gasteiger partial charge in [0.25, 0.3) is 0 Å². The summed E-state index contributed by atoms with van der Waals surface area (Å²) in [5, 5.41) is 5.26. The van der Waals surface area contributed by atoms with Gasteiger partial charge in [0.2, 0.25) is 0 Å². The predicted molar refractivity (Wildman–Crippen MR) is 94.6 cm³/mol.